The number of rotatable bonds is 6. The van der Waals surface area contributed by atoms with E-state index in [1.165, 1.54) is 5.57 Å². The smallest absolute Gasteiger partial charge is 0.0175 e. The summed E-state index contributed by atoms with van der Waals surface area (Å²) < 4.78 is 1.08. The highest BCUT2D eigenvalue weighted by Gasteiger charge is 1.98. The van der Waals surface area contributed by atoms with Crippen molar-refractivity contribution in [2.45, 2.75) is 12.8 Å². The molecule has 0 saturated heterocycles. The summed E-state index contributed by atoms with van der Waals surface area (Å²) in [5, 5.41) is 0. The van der Waals surface area contributed by atoms with Crippen LogP contribution in [-0.4, -0.2) is 0 Å². The highest BCUT2D eigenvalue weighted by molar-refractivity contribution is 9.10. The maximum Gasteiger partial charge on any atom is 0.0175 e. The molecule has 0 fully saturated rings. The lowest BCUT2D eigenvalue weighted by atomic mass is 10.0. The number of hydrogen-bond donors (Lipinski definition) is 0. The van der Waals surface area contributed by atoms with Crippen LogP contribution in [0.5, 0.6) is 0 Å². The van der Waals surface area contributed by atoms with E-state index in [-0.39, 0.29) is 0 Å². The van der Waals surface area contributed by atoms with Crippen molar-refractivity contribution in [2.75, 3.05) is 0 Å². The molecule has 0 saturated carbocycles. The third-order valence-electron chi connectivity index (χ3n) is 2.41. The van der Waals surface area contributed by atoms with Gasteiger partial charge in [0.2, 0.25) is 0 Å². The lowest BCUT2D eigenvalue weighted by Crippen LogP contribution is -1.84. The zero-order valence-corrected chi connectivity index (χ0v) is 11.5. The Labute approximate surface area is 112 Å². The molecule has 0 amide bonds. The van der Waals surface area contributed by atoms with Crippen molar-refractivity contribution in [1.29, 1.82) is 0 Å². The van der Waals surface area contributed by atoms with Crippen LogP contribution in [0.25, 0.3) is 5.57 Å². The van der Waals surface area contributed by atoms with Gasteiger partial charge >= 0.3 is 0 Å². The Hall–Kier alpha value is -1.34. The Morgan fingerprint density at radius 2 is 1.59 bits per heavy atom. The summed E-state index contributed by atoms with van der Waals surface area (Å²) in [6.45, 7) is 11.6. The Kier molecular flexibility index (Phi) is 5.71. The average Bonchev–Trinajstić information content (AvgIpc) is 2.30. The number of halogens is 1. The predicted molar refractivity (Wildman–Crippen MR) is 80.9 cm³/mol. The molecule has 0 unspecified atom stereocenters. The van der Waals surface area contributed by atoms with E-state index in [0.717, 1.165) is 28.5 Å². The Morgan fingerprint density at radius 3 is 2.06 bits per heavy atom. The molecule has 0 nitrogen and oxygen atoms in total. The van der Waals surface area contributed by atoms with Crippen molar-refractivity contribution >= 4 is 21.5 Å². The predicted octanol–water partition coefficient (Wildman–Crippen LogP) is 5.54. The minimum absolute atomic E-state index is 0.877. The molecule has 0 spiro atoms. The topological polar surface area (TPSA) is 0 Å². The second-order valence-electron chi connectivity index (χ2n) is 3.82. The molecule has 0 bridgehead atoms. The SMILES string of the molecule is C=CCC(=CC(=C)c1ccc(Br)cc1)CC=C. The fraction of sp³-hybridized carbons (Fsp3) is 0.125. The van der Waals surface area contributed by atoms with E-state index in [9.17, 15) is 0 Å². The van der Waals surface area contributed by atoms with Gasteiger partial charge in [0.25, 0.3) is 0 Å². The van der Waals surface area contributed by atoms with E-state index in [4.69, 9.17) is 0 Å². The third-order valence-corrected chi connectivity index (χ3v) is 2.94. The lowest BCUT2D eigenvalue weighted by Gasteiger charge is -2.05. The van der Waals surface area contributed by atoms with Crippen LogP contribution in [0.4, 0.5) is 0 Å². The zero-order chi connectivity index (χ0) is 12.7. The Morgan fingerprint density at radius 1 is 1.06 bits per heavy atom. The van der Waals surface area contributed by atoms with Crippen LogP contribution in [0.15, 0.2) is 72.3 Å². The van der Waals surface area contributed by atoms with Crippen molar-refractivity contribution in [3.05, 3.63) is 77.8 Å². The van der Waals surface area contributed by atoms with Crippen LogP contribution in [0, 0.1) is 0 Å². The van der Waals surface area contributed by atoms with Crippen molar-refractivity contribution < 1.29 is 0 Å². The zero-order valence-electron chi connectivity index (χ0n) is 9.95. The van der Waals surface area contributed by atoms with Gasteiger partial charge in [-0.3, -0.25) is 0 Å². The number of benzene rings is 1. The van der Waals surface area contributed by atoms with Crippen LogP contribution >= 0.6 is 15.9 Å². The minimum atomic E-state index is 0.877. The molecule has 88 valence electrons. The van der Waals surface area contributed by atoms with Crippen LogP contribution in [0.3, 0.4) is 0 Å². The first-order chi connectivity index (χ1) is 8.17. The fourth-order valence-electron chi connectivity index (χ4n) is 1.57. The quantitative estimate of drug-likeness (QED) is 0.476. The highest BCUT2D eigenvalue weighted by atomic mass is 79.9. The monoisotopic (exact) mass is 288 g/mol. The molecular weight excluding hydrogens is 272 g/mol. The maximum atomic E-state index is 4.10. The molecule has 1 aromatic rings. The Bertz CT molecular complexity index is 423. The van der Waals surface area contributed by atoms with Crippen LogP contribution < -0.4 is 0 Å². The van der Waals surface area contributed by atoms with E-state index < -0.39 is 0 Å². The summed E-state index contributed by atoms with van der Waals surface area (Å²) in [4.78, 5) is 0. The van der Waals surface area contributed by atoms with Crippen LogP contribution in [0.2, 0.25) is 0 Å². The summed E-state index contributed by atoms with van der Waals surface area (Å²) in [6, 6.07) is 8.16. The van der Waals surface area contributed by atoms with Gasteiger partial charge in [0.1, 0.15) is 0 Å². The molecule has 0 heterocycles. The standard InChI is InChI=1S/C16H17Br/c1-4-6-14(7-5-2)12-13(3)15-8-10-16(17)11-9-15/h4-5,8-12H,1-3,6-7H2. The van der Waals surface area contributed by atoms with Gasteiger partial charge in [-0.15, -0.1) is 13.2 Å². The van der Waals surface area contributed by atoms with Crippen molar-refractivity contribution in [1.82, 2.24) is 0 Å². The molecule has 0 atom stereocenters. The summed E-state index contributed by atoms with van der Waals surface area (Å²) in [7, 11) is 0. The third kappa shape index (κ3) is 4.58. The second kappa shape index (κ2) is 7.08. The van der Waals surface area contributed by atoms with E-state index in [2.05, 4.69) is 53.9 Å². The molecule has 0 aliphatic rings. The van der Waals surface area contributed by atoms with E-state index in [1.807, 2.05) is 24.3 Å². The fourth-order valence-corrected chi connectivity index (χ4v) is 1.83. The van der Waals surface area contributed by atoms with Gasteiger partial charge in [-0.2, -0.15) is 0 Å². The summed E-state index contributed by atoms with van der Waals surface area (Å²) >= 11 is 3.42. The van der Waals surface area contributed by atoms with E-state index >= 15 is 0 Å². The first-order valence-electron chi connectivity index (χ1n) is 5.53. The number of hydrogen-bond acceptors (Lipinski definition) is 0. The van der Waals surface area contributed by atoms with Gasteiger partial charge in [0, 0.05) is 4.47 Å². The van der Waals surface area contributed by atoms with Gasteiger partial charge in [0.15, 0.2) is 0 Å². The number of allylic oxidation sites excluding steroid dienone is 5. The second-order valence-corrected chi connectivity index (χ2v) is 4.74. The Balaban J connectivity index is 2.87. The highest BCUT2D eigenvalue weighted by Crippen LogP contribution is 2.21. The van der Waals surface area contributed by atoms with Gasteiger partial charge in [-0.1, -0.05) is 58.4 Å². The van der Waals surface area contributed by atoms with Gasteiger partial charge < -0.3 is 0 Å². The molecule has 0 aromatic heterocycles. The van der Waals surface area contributed by atoms with Gasteiger partial charge in [0.05, 0.1) is 0 Å². The molecule has 0 aliphatic carbocycles. The van der Waals surface area contributed by atoms with Crippen molar-refractivity contribution in [3.63, 3.8) is 0 Å². The van der Waals surface area contributed by atoms with Crippen molar-refractivity contribution in [3.8, 4) is 0 Å². The van der Waals surface area contributed by atoms with Gasteiger partial charge in [-0.05, 0) is 36.1 Å². The van der Waals surface area contributed by atoms with Gasteiger partial charge in [-0.25, -0.2) is 0 Å². The normalized spacial score (nSPS) is 9.47. The van der Waals surface area contributed by atoms with Crippen molar-refractivity contribution in [2.24, 2.45) is 0 Å². The van der Waals surface area contributed by atoms with Crippen LogP contribution in [0.1, 0.15) is 18.4 Å². The molecule has 1 rings (SSSR count). The van der Waals surface area contributed by atoms with E-state index in [1.54, 1.807) is 0 Å². The minimum Gasteiger partial charge on any atom is -0.103 e. The molecule has 17 heavy (non-hydrogen) atoms. The summed E-state index contributed by atoms with van der Waals surface area (Å²) in [5.74, 6) is 0. The summed E-state index contributed by atoms with van der Waals surface area (Å²) in [6.07, 6.45) is 7.68. The molecule has 1 heteroatoms. The molecule has 1 aromatic carbocycles. The average molecular weight is 289 g/mol. The lowest BCUT2D eigenvalue weighted by molar-refractivity contribution is 1.12. The first-order valence-corrected chi connectivity index (χ1v) is 6.32. The van der Waals surface area contributed by atoms with Crippen LogP contribution in [-0.2, 0) is 0 Å². The molecule has 0 radical (unpaired) electrons. The molecule has 0 N–H and O–H groups in total. The first kappa shape index (κ1) is 13.7. The van der Waals surface area contributed by atoms with E-state index in [0.29, 0.717) is 0 Å². The summed E-state index contributed by atoms with van der Waals surface area (Å²) in [5.41, 5.74) is 3.44. The maximum absolute atomic E-state index is 4.10. The molecule has 0 aliphatic heterocycles. The largest absolute Gasteiger partial charge is 0.103 e. The molecular formula is C16H17Br.